The van der Waals surface area contributed by atoms with Gasteiger partial charge in [-0.3, -0.25) is 0 Å². The Balaban J connectivity index is 2.11. The molecule has 46 valence electrons. The van der Waals surface area contributed by atoms with Crippen molar-refractivity contribution in [1.82, 2.24) is 0 Å². The normalized spacial score (nSPS) is 52.9. The molecule has 0 amide bonds. The van der Waals surface area contributed by atoms with Gasteiger partial charge in [0.25, 0.3) is 0 Å². The molecule has 0 aromatic rings. The van der Waals surface area contributed by atoms with Gasteiger partial charge in [-0.25, -0.2) is 0 Å². The Bertz CT molecular complexity index is 98.6. The number of hydrogen-bond acceptors (Lipinski definition) is 0. The lowest BCUT2D eigenvalue weighted by atomic mass is 10.0. The molecule has 0 unspecified atom stereocenters. The summed E-state index contributed by atoms with van der Waals surface area (Å²) in [6.07, 6.45) is 5.63. The van der Waals surface area contributed by atoms with Crippen LogP contribution in [-0.2, 0) is 0 Å². The Morgan fingerprint density at radius 2 is 2.00 bits per heavy atom. The van der Waals surface area contributed by atoms with Crippen LogP contribution >= 0.6 is 11.6 Å². The van der Waals surface area contributed by atoms with Crippen LogP contribution in [0.2, 0.25) is 0 Å². The fourth-order valence-electron chi connectivity index (χ4n) is 2.17. The minimum absolute atomic E-state index is 0.550. The molecule has 0 N–H and O–H groups in total. The lowest BCUT2D eigenvalue weighted by Gasteiger charge is -2.13. The summed E-state index contributed by atoms with van der Waals surface area (Å²) < 4.78 is 0. The minimum atomic E-state index is 0.550. The third-order valence-corrected chi connectivity index (χ3v) is 3.19. The summed E-state index contributed by atoms with van der Waals surface area (Å²) in [5.41, 5.74) is 0. The van der Waals surface area contributed by atoms with Gasteiger partial charge < -0.3 is 0 Å². The van der Waals surface area contributed by atoms with E-state index in [1.807, 2.05) is 0 Å². The highest BCUT2D eigenvalue weighted by Crippen LogP contribution is 2.46. The Morgan fingerprint density at radius 3 is 2.25 bits per heavy atom. The molecule has 2 aliphatic carbocycles. The molecule has 2 saturated carbocycles. The average molecular weight is 131 g/mol. The van der Waals surface area contributed by atoms with Crippen molar-refractivity contribution in [3.05, 3.63) is 0 Å². The highest BCUT2D eigenvalue weighted by Gasteiger charge is 2.38. The summed E-state index contributed by atoms with van der Waals surface area (Å²) in [4.78, 5) is 0. The largest absolute Gasteiger partial charge is 0.123 e. The molecule has 8 heavy (non-hydrogen) atoms. The molecule has 2 aliphatic rings. The monoisotopic (exact) mass is 130 g/mol. The summed E-state index contributed by atoms with van der Waals surface area (Å²) in [6.45, 7) is 0. The van der Waals surface area contributed by atoms with Gasteiger partial charge in [0.1, 0.15) is 0 Å². The fourth-order valence-corrected chi connectivity index (χ4v) is 2.65. The van der Waals surface area contributed by atoms with Crippen LogP contribution in [0.25, 0.3) is 0 Å². The topological polar surface area (TPSA) is 0 Å². The van der Waals surface area contributed by atoms with E-state index in [-0.39, 0.29) is 0 Å². The van der Waals surface area contributed by atoms with E-state index in [9.17, 15) is 0 Å². The third-order valence-electron chi connectivity index (χ3n) is 2.65. The highest BCUT2D eigenvalue weighted by molar-refractivity contribution is 6.21. The maximum absolute atomic E-state index is 6.01. The lowest BCUT2D eigenvalue weighted by molar-refractivity contribution is 0.487. The van der Waals surface area contributed by atoms with Crippen LogP contribution in [0.3, 0.4) is 0 Å². The predicted octanol–water partition coefficient (Wildman–Crippen LogP) is 2.41. The molecule has 0 spiro atoms. The first-order chi connectivity index (χ1) is 3.86. The molecule has 2 rings (SSSR count). The van der Waals surface area contributed by atoms with E-state index in [0.717, 1.165) is 11.8 Å². The molecular weight excluding hydrogens is 120 g/mol. The van der Waals surface area contributed by atoms with Crippen LogP contribution in [0.5, 0.6) is 0 Å². The quantitative estimate of drug-likeness (QED) is 0.442. The lowest BCUT2D eigenvalue weighted by Crippen LogP contribution is -2.08. The molecule has 0 saturated heterocycles. The van der Waals surface area contributed by atoms with Gasteiger partial charge in [-0.1, -0.05) is 6.42 Å². The molecule has 1 heteroatoms. The van der Waals surface area contributed by atoms with Crippen molar-refractivity contribution >= 4 is 11.6 Å². The number of alkyl halides is 1. The first-order valence-electron chi connectivity index (χ1n) is 3.50. The van der Waals surface area contributed by atoms with E-state index in [1.165, 1.54) is 25.7 Å². The molecule has 2 bridgehead atoms. The summed E-state index contributed by atoms with van der Waals surface area (Å²) in [5, 5.41) is 0.550. The first kappa shape index (κ1) is 5.10. The van der Waals surface area contributed by atoms with Crippen LogP contribution in [0.15, 0.2) is 0 Å². The zero-order chi connectivity index (χ0) is 5.56. The Kier molecular flexibility index (Phi) is 1.04. The van der Waals surface area contributed by atoms with Crippen molar-refractivity contribution in [2.24, 2.45) is 11.8 Å². The molecule has 0 nitrogen and oxygen atoms in total. The average Bonchev–Trinajstić information content (AvgIpc) is 2.23. The maximum Gasteiger partial charge on any atom is 0.0367 e. The Labute approximate surface area is 55.2 Å². The smallest absolute Gasteiger partial charge is 0.0367 e. The Hall–Kier alpha value is 0.290. The van der Waals surface area contributed by atoms with Crippen molar-refractivity contribution in [2.45, 2.75) is 31.1 Å². The third kappa shape index (κ3) is 0.589. The summed E-state index contributed by atoms with van der Waals surface area (Å²) in [6, 6.07) is 0. The molecule has 0 aliphatic heterocycles. The molecule has 0 radical (unpaired) electrons. The molecule has 3 atom stereocenters. The zero-order valence-corrected chi connectivity index (χ0v) is 5.69. The van der Waals surface area contributed by atoms with Gasteiger partial charge in [0.2, 0.25) is 0 Å². The highest BCUT2D eigenvalue weighted by atomic mass is 35.5. The first-order valence-corrected chi connectivity index (χ1v) is 3.94. The maximum atomic E-state index is 6.01. The predicted molar refractivity (Wildman–Crippen MR) is 35.1 cm³/mol. The van der Waals surface area contributed by atoms with Crippen LogP contribution in [0.1, 0.15) is 25.7 Å². The second-order valence-electron chi connectivity index (χ2n) is 3.19. The van der Waals surface area contributed by atoms with Gasteiger partial charge in [-0.05, 0) is 31.1 Å². The van der Waals surface area contributed by atoms with Crippen molar-refractivity contribution in [1.29, 1.82) is 0 Å². The van der Waals surface area contributed by atoms with Gasteiger partial charge in [-0.15, -0.1) is 11.6 Å². The second-order valence-corrected chi connectivity index (χ2v) is 3.75. The van der Waals surface area contributed by atoms with Crippen molar-refractivity contribution in [2.75, 3.05) is 0 Å². The SMILES string of the molecule is Cl[C@H]1C[C@@H]2CC[C@@H]1C2. The summed E-state index contributed by atoms with van der Waals surface area (Å²) >= 11 is 6.01. The van der Waals surface area contributed by atoms with Gasteiger partial charge in [-0.2, -0.15) is 0 Å². The summed E-state index contributed by atoms with van der Waals surface area (Å²) in [7, 11) is 0. The number of hydrogen-bond donors (Lipinski definition) is 0. The van der Waals surface area contributed by atoms with Crippen molar-refractivity contribution in [3.63, 3.8) is 0 Å². The fraction of sp³-hybridized carbons (Fsp3) is 1.00. The molecule has 0 heterocycles. The van der Waals surface area contributed by atoms with Crippen LogP contribution in [-0.4, -0.2) is 5.38 Å². The molecule has 0 aromatic heterocycles. The number of fused-ring (bicyclic) bond motifs is 2. The second kappa shape index (κ2) is 1.63. The molecule has 0 aromatic carbocycles. The van der Waals surface area contributed by atoms with Crippen molar-refractivity contribution < 1.29 is 0 Å². The van der Waals surface area contributed by atoms with E-state index >= 15 is 0 Å². The van der Waals surface area contributed by atoms with Gasteiger partial charge in [0.15, 0.2) is 0 Å². The minimum Gasteiger partial charge on any atom is -0.123 e. The zero-order valence-electron chi connectivity index (χ0n) is 4.94. The van der Waals surface area contributed by atoms with Gasteiger partial charge in [0, 0.05) is 5.38 Å². The molecule has 2 fully saturated rings. The standard InChI is InChI=1S/C7H11Cl/c8-7-4-5-1-2-6(7)3-5/h5-7H,1-4H2/t5-,6-,7+/m1/s1. The van der Waals surface area contributed by atoms with E-state index in [4.69, 9.17) is 11.6 Å². The van der Waals surface area contributed by atoms with Crippen LogP contribution in [0.4, 0.5) is 0 Å². The van der Waals surface area contributed by atoms with Gasteiger partial charge in [0.05, 0.1) is 0 Å². The van der Waals surface area contributed by atoms with Crippen molar-refractivity contribution in [3.8, 4) is 0 Å². The van der Waals surface area contributed by atoms with Gasteiger partial charge >= 0.3 is 0 Å². The molecular formula is C7H11Cl. The van der Waals surface area contributed by atoms with E-state index < -0.39 is 0 Å². The van der Waals surface area contributed by atoms with E-state index in [1.54, 1.807) is 0 Å². The van der Waals surface area contributed by atoms with Crippen LogP contribution < -0.4 is 0 Å². The van der Waals surface area contributed by atoms with E-state index in [0.29, 0.717) is 5.38 Å². The number of halogens is 1. The summed E-state index contributed by atoms with van der Waals surface area (Å²) in [5.74, 6) is 1.92. The number of rotatable bonds is 0. The van der Waals surface area contributed by atoms with Crippen LogP contribution in [0, 0.1) is 11.8 Å². The Morgan fingerprint density at radius 1 is 1.12 bits per heavy atom. The van der Waals surface area contributed by atoms with E-state index in [2.05, 4.69) is 0 Å².